The minimum atomic E-state index is -3.83. The highest BCUT2D eigenvalue weighted by atomic mass is 32.2. The van der Waals surface area contributed by atoms with Crippen LogP contribution >= 0.6 is 0 Å². The molecule has 0 radical (unpaired) electrons. The average Bonchev–Trinajstić information content (AvgIpc) is 2.55. The minimum Gasteiger partial charge on any atom is -0.330 e. The lowest BCUT2D eigenvalue weighted by molar-refractivity contribution is 0.318. The van der Waals surface area contributed by atoms with Crippen molar-refractivity contribution >= 4 is 20.8 Å². The van der Waals surface area contributed by atoms with Crippen LogP contribution in [0, 0.1) is 5.82 Å². The summed E-state index contributed by atoms with van der Waals surface area (Å²) < 4.78 is 42.2. The van der Waals surface area contributed by atoms with Gasteiger partial charge >= 0.3 is 0 Å². The molecule has 1 atom stereocenters. The second kappa shape index (κ2) is 8.00. The van der Waals surface area contributed by atoms with Crippen molar-refractivity contribution in [3.05, 3.63) is 36.4 Å². The van der Waals surface area contributed by atoms with Gasteiger partial charge in [-0.1, -0.05) is 25.5 Å². The molecule has 0 unspecified atom stereocenters. The average molecular weight is 353 g/mol. The highest BCUT2D eigenvalue weighted by molar-refractivity contribution is 7.89. The summed E-state index contributed by atoms with van der Waals surface area (Å²) in [5, 5.41) is 0.562. The van der Waals surface area contributed by atoms with E-state index < -0.39 is 15.8 Å². The van der Waals surface area contributed by atoms with Crippen molar-refractivity contribution in [3.8, 4) is 0 Å². The van der Waals surface area contributed by atoms with Gasteiger partial charge in [-0.15, -0.1) is 0 Å². The van der Waals surface area contributed by atoms with E-state index in [4.69, 9.17) is 5.73 Å². The molecule has 2 aromatic rings. The van der Waals surface area contributed by atoms with E-state index in [1.165, 1.54) is 16.6 Å². The Hall–Kier alpha value is -1.57. The Balaban J connectivity index is 2.58. The molecule has 0 aliphatic carbocycles. The monoisotopic (exact) mass is 353 g/mol. The molecule has 1 aromatic carbocycles. The number of sulfonamides is 1. The first-order valence-electron chi connectivity index (χ1n) is 8.17. The van der Waals surface area contributed by atoms with E-state index in [1.54, 1.807) is 12.1 Å². The van der Waals surface area contributed by atoms with E-state index >= 15 is 0 Å². The van der Waals surface area contributed by atoms with Crippen molar-refractivity contribution in [1.29, 1.82) is 0 Å². The summed E-state index contributed by atoms with van der Waals surface area (Å²) in [5.74, 6) is -0.631. The van der Waals surface area contributed by atoms with Crippen LogP contribution in [0.4, 0.5) is 4.39 Å². The fraction of sp³-hybridized carbons (Fsp3) is 0.471. The molecule has 0 fully saturated rings. The second-order valence-corrected chi connectivity index (χ2v) is 7.73. The van der Waals surface area contributed by atoms with Crippen LogP contribution < -0.4 is 5.73 Å². The molecule has 0 aliphatic heterocycles. The number of halogens is 1. The molecule has 0 aliphatic rings. The summed E-state index contributed by atoms with van der Waals surface area (Å²) in [6.45, 7) is 4.61. The molecular formula is C17H24FN3O2S. The van der Waals surface area contributed by atoms with Crippen molar-refractivity contribution in [3.63, 3.8) is 0 Å². The zero-order chi connectivity index (χ0) is 17.7. The molecule has 5 nitrogen and oxygen atoms in total. The number of nitrogens with two attached hydrogens (primary N) is 1. The molecule has 1 aromatic heterocycles. The first kappa shape index (κ1) is 18.8. The van der Waals surface area contributed by atoms with Crippen LogP contribution in [0.5, 0.6) is 0 Å². The van der Waals surface area contributed by atoms with E-state index in [1.807, 2.05) is 13.8 Å². The highest BCUT2D eigenvalue weighted by Crippen LogP contribution is 2.29. The molecule has 0 amide bonds. The van der Waals surface area contributed by atoms with Crippen molar-refractivity contribution in [2.45, 2.75) is 44.0 Å². The number of pyridine rings is 1. The normalized spacial score (nSPS) is 13.5. The summed E-state index contributed by atoms with van der Waals surface area (Å²) in [4.78, 5) is 3.78. The van der Waals surface area contributed by atoms with Crippen LogP contribution in [0.2, 0.25) is 0 Å². The van der Waals surface area contributed by atoms with E-state index in [0.717, 1.165) is 19.0 Å². The van der Waals surface area contributed by atoms with E-state index in [-0.39, 0.29) is 16.3 Å². The van der Waals surface area contributed by atoms with Crippen LogP contribution in [-0.4, -0.2) is 36.8 Å². The topological polar surface area (TPSA) is 76.3 Å². The fourth-order valence-electron chi connectivity index (χ4n) is 2.89. The predicted molar refractivity (Wildman–Crippen MR) is 93.6 cm³/mol. The summed E-state index contributed by atoms with van der Waals surface area (Å²) in [6.07, 6.45) is 4.67. The molecule has 0 bridgehead atoms. The van der Waals surface area contributed by atoms with Gasteiger partial charge < -0.3 is 5.73 Å². The van der Waals surface area contributed by atoms with Crippen LogP contribution in [0.3, 0.4) is 0 Å². The van der Waals surface area contributed by atoms with Crippen LogP contribution in [0.15, 0.2) is 35.5 Å². The Morgan fingerprint density at radius 2 is 2.08 bits per heavy atom. The Bertz CT molecular complexity index is 790. The number of fused-ring (bicyclic) bond motifs is 1. The smallest absolute Gasteiger partial charge is 0.244 e. The fourth-order valence-corrected chi connectivity index (χ4v) is 4.81. The van der Waals surface area contributed by atoms with E-state index in [2.05, 4.69) is 4.98 Å². The number of nitrogens with zero attached hydrogens (tertiary/aromatic N) is 2. The van der Waals surface area contributed by atoms with Crippen molar-refractivity contribution < 1.29 is 12.8 Å². The van der Waals surface area contributed by atoms with Gasteiger partial charge in [0.05, 0.1) is 11.1 Å². The predicted octanol–water partition coefficient (Wildman–Crippen LogP) is 2.90. The summed E-state index contributed by atoms with van der Waals surface area (Å²) in [7, 11) is -3.83. The Labute approximate surface area is 142 Å². The summed E-state index contributed by atoms with van der Waals surface area (Å²) >= 11 is 0. The third-order valence-corrected chi connectivity index (χ3v) is 6.12. The van der Waals surface area contributed by atoms with Gasteiger partial charge in [-0.25, -0.2) is 12.8 Å². The third-order valence-electron chi connectivity index (χ3n) is 4.07. The Morgan fingerprint density at radius 1 is 1.33 bits per heavy atom. The SMILES string of the molecule is CCC[C@H](C)N(CCCN)S(=O)(=O)c1cccc2cncc(F)c12. The Morgan fingerprint density at radius 3 is 2.75 bits per heavy atom. The maximum Gasteiger partial charge on any atom is 0.244 e. The zero-order valence-electron chi connectivity index (χ0n) is 14.1. The molecule has 7 heteroatoms. The van der Waals surface area contributed by atoms with Crippen LogP contribution in [0.1, 0.15) is 33.1 Å². The van der Waals surface area contributed by atoms with Gasteiger partial charge in [0.25, 0.3) is 0 Å². The van der Waals surface area contributed by atoms with Crippen molar-refractivity contribution in [1.82, 2.24) is 9.29 Å². The lowest BCUT2D eigenvalue weighted by Gasteiger charge is -2.28. The maximum absolute atomic E-state index is 14.3. The molecule has 0 spiro atoms. The number of aromatic nitrogens is 1. The molecule has 24 heavy (non-hydrogen) atoms. The first-order valence-corrected chi connectivity index (χ1v) is 9.61. The van der Waals surface area contributed by atoms with Gasteiger partial charge in [-0.2, -0.15) is 4.31 Å². The second-order valence-electron chi connectivity index (χ2n) is 5.87. The zero-order valence-corrected chi connectivity index (χ0v) is 14.9. The molecule has 2 N–H and O–H groups in total. The largest absolute Gasteiger partial charge is 0.330 e. The van der Waals surface area contributed by atoms with Gasteiger partial charge in [-0.05, 0) is 32.4 Å². The van der Waals surface area contributed by atoms with Gasteiger partial charge in [0, 0.05) is 29.6 Å². The summed E-state index contributed by atoms with van der Waals surface area (Å²) in [5.41, 5.74) is 5.56. The lowest BCUT2D eigenvalue weighted by Crippen LogP contribution is -2.40. The van der Waals surface area contributed by atoms with Gasteiger partial charge in [0.2, 0.25) is 10.0 Å². The van der Waals surface area contributed by atoms with Gasteiger partial charge in [-0.3, -0.25) is 4.98 Å². The molecule has 0 saturated carbocycles. The maximum atomic E-state index is 14.3. The number of benzene rings is 1. The van der Waals surface area contributed by atoms with Gasteiger partial charge in [0.1, 0.15) is 0 Å². The molecule has 0 saturated heterocycles. The van der Waals surface area contributed by atoms with Crippen molar-refractivity contribution in [2.75, 3.05) is 13.1 Å². The minimum absolute atomic E-state index is 0.0140. The molecule has 1 heterocycles. The number of hydrogen-bond donors (Lipinski definition) is 1. The van der Waals surface area contributed by atoms with E-state index in [9.17, 15) is 12.8 Å². The van der Waals surface area contributed by atoms with Crippen LogP contribution in [-0.2, 0) is 10.0 Å². The quantitative estimate of drug-likeness (QED) is 0.792. The summed E-state index contributed by atoms with van der Waals surface area (Å²) in [6, 6.07) is 4.55. The number of hydrogen-bond acceptors (Lipinski definition) is 4. The molecule has 2 rings (SSSR count). The standard InChI is InChI=1S/C17H24FN3O2S/c1-3-6-13(2)21(10-5-9-19)24(22,23)16-8-4-7-14-11-20-12-15(18)17(14)16/h4,7-8,11-13H,3,5-6,9-10,19H2,1-2H3/t13-/m0/s1. The first-order chi connectivity index (χ1) is 11.4. The third kappa shape index (κ3) is 3.74. The van der Waals surface area contributed by atoms with Crippen molar-refractivity contribution in [2.24, 2.45) is 5.73 Å². The lowest BCUT2D eigenvalue weighted by atomic mass is 10.2. The van der Waals surface area contributed by atoms with E-state index in [0.29, 0.717) is 24.9 Å². The number of rotatable bonds is 8. The Kier molecular flexibility index (Phi) is 6.26. The molecule has 132 valence electrons. The van der Waals surface area contributed by atoms with Crippen LogP contribution in [0.25, 0.3) is 10.8 Å². The molecular weight excluding hydrogens is 329 g/mol. The van der Waals surface area contributed by atoms with Gasteiger partial charge in [0.15, 0.2) is 5.82 Å². The highest BCUT2D eigenvalue weighted by Gasteiger charge is 2.30.